The zero-order valence-corrected chi connectivity index (χ0v) is 10.0. The van der Waals surface area contributed by atoms with E-state index in [4.69, 9.17) is 0 Å². The Labute approximate surface area is 92.9 Å². The third-order valence-corrected chi connectivity index (χ3v) is 3.24. The maximum absolute atomic E-state index is 3.53. The van der Waals surface area contributed by atoms with Crippen LogP contribution < -0.4 is 5.32 Å². The molecule has 1 nitrogen and oxygen atoms in total. The quantitative estimate of drug-likeness (QED) is 0.737. The standard InChI is InChI=1S/C14H21N/c1-14(2,3)12-8-6-11(7-9-12)13-5-4-10-15-13/h6-9,13,15H,4-5,10H2,1-3H3/t13-/m1/s1. The maximum atomic E-state index is 3.53. The molecule has 0 spiro atoms. The van der Waals surface area contributed by atoms with Gasteiger partial charge in [0.15, 0.2) is 0 Å². The molecule has 1 heterocycles. The molecule has 0 bridgehead atoms. The predicted octanol–water partition coefficient (Wildman–Crippen LogP) is 3.41. The fourth-order valence-corrected chi connectivity index (χ4v) is 2.18. The van der Waals surface area contributed by atoms with Crippen LogP contribution in [0.1, 0.15) is 50.8 Å². The summed E-state index contributed by atoms with van der Waals surface area (Å²) in [5.41, 5.74) is 3.13. The molecule has 1 N–H and O–H groups in total. The van der Waals surface area contributed by atoms with Gasteiger partial charge in [-0.3, -0.25) is 0 Å². The number of rotatable bonds is 1. The molecule has 1 aromatic rings. The highest BCUT2D eigenvalue weighted by atomic mass is 14.9. The average molecular weight is 203 g/mol. The van der Waals surface area contributed by atoms with Gasteiger partial charge in [-0.05, 0) is 35.9 Å². The summed E-state index contributed by atoms with van der Waals surface area (Å²) in [7, 11) is 0. The van der Waals surface area contributed by atoms with Gasteiger partial charge in [0.05, 0.1) is 0 Å². The lowest BCUT2D eigenvalue weighted by atomic mass is 9.86. The average Bonchev–Trinajstić information content (AvgIpc) is 2.69. The van der Waals surface area contributed by atoms with Crippen molar-refractivity contribution in [2.45, 2.75) is 45.1 Å². The van der Waals surface area contributed by atoms with Crippen LogP contribution in [0.15, 0.2) is 24.3 Å². The third-order valence-electron chi connectivity index (χ3n) is 3.24. The van der Waals surface area contributed by atoms with Crippen molar-refractivity contribution in [3.05, 3.63) is 35.4 Å². The van der Waals surface area contributed by atoms with Gasteiger partial charge < -0.3 is 5.32 Å². The van der Waals surface area contributed by atoms with Crippen molar-refractivity contribution < 1.29 is 0 Å². The summed E-state index contributed by atoms with van der Waals surface area (Å²) in [4.78, 5) is 0. The van der Waals surface area contributed by atoms with E-state index in [0.29, 0.717) is 6.04 Å². The molecule has 2 rings (SSSR count). The van der Waals surface area contributed by atoms with Crippen LogP contribution in [-0.4, -0.2) is 6.54 Å². The molecule has 0 radical (unpaired) electrons. The summed E-state index contributed by atoms with van der Waals surface area (Å²) in [6.07, 6.45) is 2.60. The molecule has 0 aliphatic carbocycles. The Morgan fingerprint density at radius 3 is 2.27 bits per heavy atom. The zero-order chi connectivity index (χ0) is 10.9. The molecule has 1 heteroatoms. The Hall–Kier alpha value is -0.820. The van der Waals surface area contributed by atoms with Gasteiger partial charge in [0, 0.05) is 6.04 Å². The Morgan fingerprint density at radius 2 is 1.80 bits per heavy atom. The van der Waals surface area contributed by atoms with E-state index in [0.717, 1.165) is 0 Å². The second-order valence-electron chi connectivity index (χ2n) is 5.52. The molecule has 1 aliphatic heterocycles. The molecular weight excluding hydrogens is 182 g/mol. The van der Waals surface area contributed by atoms with E-state index in [1.165, 1.54) is 30.5 Å². The van der Waals surface area contributed by atoms with E-state index in [2.05, 4.69) is 50.4 Å². The van der Waals surface area contributed by atoms with Crippen LogP contribution in [0.3, 0.4) is 0 Å². The lowest BCUT2D eigenvalue weighted by molar-refractivity contribution is 0.588. The van der Waals surface area contributed by atoms with E-state index < -0.39 is 0 Å². The second kappa shape index (κ2) is 3.97. The van der Waals surface area contributed by atoms with Crippen LogP contribution in [0, 0.1) is 0 Å². The first-order valence-electron chi connectivity index (χ1n) is 5.91. The highest BCUT2D eigenvalue weighted by Crippen LogP contribution is 2.27. The summed E-state index contributed by atoms with van der Waals surface area (Å²) < 4.78 is 0. The van der Waals surface area contributed by atoms with Crippen molar-refractivity contribution >= 4 is 0 Å². The molecule has 0 aromatic heterocycles. The molecule has 15 heavy (non-hydrogen) atoms. The van der Waals surface area contributed by atoms with Crippen LogP contribution in [0.5, 0.6) is 0 Å². The Morgan fingerprint density at radius 1 is 1.13 bits per heavy atom. The molecule has 0 amide bonds. The minimum absolute atomic E-state index is 0.266. The highest BCUT2D eigenvalue weighted by Gasteiger charge is 2.17. The highest BCUT2D eigenvalue weighted by molar-refractivity contribution is 5.29. The first kappa shape index (κ1) is 10.7. The van der Waals surface area contributed by atoms with Crippen LogP contribution >= 0.6 is 0 Å². The first-order valence-corrected chi connectivity index (χ1v) is 5.91. The van der Waals surface area contributed by atoms with Crippen molar-refractivity contribution in [1.82, 2.24) is 5.32 Å². The number of hydrogen-bond acceptors (Lipinski definition) is 1. The smallest absolute Gasteiger partial charge is 0.0320 e. The molecular formula is C14H21N. The maximum Gasteiger partial charge on any atom is 0.0320 e. The molecule has 1 fully saturated rings. The van der Waals surface area contributed by atoms with Crippen molar-refractivity contribution in [2.75, 3.05) is 6.54 Å². The normalized spacial score (nSPS) is 21.9. The molecule has 1 aliphatic rings. The van der Waals surface area contributed by atoms with Gasteiger partial charge in [-0.1, -0.05) is 45.0 Å². The lowest BCUT2D eigenvalue weighted by Crippen LogP contribution is -2.14. The summed E-state index contributed by atoms with van der Waals surface area (Å²) in [5.74, 6) is 0. The monoisotopic (exact) mass is 203 g/mol. The van der Waals surface area contributed by atoms with Crippen LogP contribution in [0.4, 0.5) is 0 Å². The molecule has 0 saturated carbocycles. The van der Waals surface area contributed by atoms with Gasteiger partial charge in [0.2, 0.25) is 0 Å². The van der Waals surface area contributed by atoms with Crippen molar-refractivity contribution in [2.24, 2.45) is 0 Å². The lowest BCUT2D eigenvalue weighted by Gasteiger charge is -2.20. The molecule has 1 saturated heterocycles. The zero-order valence-electron chi connectivity index (χ0n) is 10.0. The summed E-state index contributed by atoms with van der Waals surface area (Å²) in [5, 5.41) is 3.53. The number of benzene rings is 1. The van der Waals surface area contributed by atoms with Crippen molar-refractivity contribution in [3.8, 4) is 0 Å². The first-order chi connectivity index (χ1) is 7.07. The van der Waals surface area contributed by atoms with Crippen molar-refractivity contribution in [1.29, 1.82) is 0 Å². The minimum atomic E-state index is 0.266. The van der Waals surface area contributed by atoms with Gasteiger partial charge >= 0.3 is 0 Å². The van der Waals surface area contributed by atoms with Gasteiger partial charge in [0.1, 0.15) is 0 Å². The van der Waals surface area contributed by atoms with Crippen molar-refractivity contribution in [3.63, 3.8) is 0 Å². The minimum Gasteiger partial charge on any atom is -0.310 e. The fourth-order valence-electron chi connectivity index (χ4n) is 2.18. The number of nitrogens with one attached hydrogen (secondary N) is 1. The van der Waals surface area contributed by atoms with Crippen LogP contribution in [-0.2, 0) is 5.41 Å². The Kier molecular flexibility index (Phi) is 2.83. The fraction of sp³-hybridized carbons (Fsp3) is 0.571. The van der Waals surface area contributed by atoms with E-state index in [9.17, 15) is 0 Å². The van der Waals surface area contributed by atoms with Crippen LogP contribution in [0.25, 0.3) is 0 Å². The predicted molar refractivity (Wildman–Crippen MR) is 65.1 cm³/mol. The molecule has 0 unspecified atom stereocenters. The topological polar surface area (TPSA) is 12.0 Å². The van der Waals surface area contributed by atoms with E-state index in [-0.39, 0.29) is 5.41 Å². The van der Waals surface area contributed by atoms with Gasteiger partial charge in [-0.2, -0.15) is 0 Å². The van der Waals surface area contributed by atoms with Gasteiger partial charge in [0.25, 0.3) is 0 Å². The summed E-state index contributed by atoms with van der Waals surface area (Å²) in [6.45, 7) is 7.95. The molecule has 82 valence electrons. The second-order valence-corrected chi connectivity index (χ2v) is 5.52. The number of hydrogen-bond donors (Lipinski definition) is 1. The van der Waals surface area contributed by atoms with Gasteiger partial charge in [-0.15, -0.1) is 0 Å². The molecule has 1 atom stereocenters. The van der Waals surface area contributed by atoms with E-state index in [1.54, 1.807) is 0 Å². The van der Waals surface area contributed by atoms with Crippen LogP contribution in [0.2, 0.25) is 0 Å². The Bertz CT molecular complexity index is 312. The van der Waals surface area contributed by atoms with Gasteiger partial charge in [-0.25, -0.2) is 0 Å². The largest absolute Gasteiger partial charge is 0.310 e. The van der Waals surface area contributed by atoms with E-state index >= 15 is 0 Å². The third kappa shape index (κ3) is 2.40. The SMILES string of the molecule is CC(C)(C)c1ccc([C@H]2CCCN2)cc1. The van der Waals surface area contributed by atoms with E-state index in [1.807, 2.05) is 0 Å². The summed E-state index contributed by atoms with van der Waals surface area (Å²) >= 11 is 0. The molecule has 1 aromatic carbocycles. The Balaban J connectivity index is 2.16. The summed E-state index contributed by atoms with van der Waals surface area (Å²) in [6, 6.07) is 9.71.